The first-order valence-corrected chi connectivity index (χ1v) is 9.29. The average molecular weight is 391 g/mol. The Morgan fingerprint density at radius 1 is 1.04 bits per heavy atom. The summed E-state index contributed by atoms with van der Waals surface area (Å²) in [5.74, 6) is -0.705. The topological polar surface area (TPSA) is 58.2 Å². The molecule has 2 unspecified atom stereocenters. The lowest BCUT2D eigenvalue weighted by atomic mass is 10.1. The van der Waals surface area contributed by atoms with Crippen LogP contribution in [0.5, 0.6) is 0 Å². The average Bonchev–Trinajstić information content (AvgIpc) is 3.38. The van der Waals surface area contributed by atoms with E-state index in [0.29, 0.717) is 29.4 Å². The second-order valence-electron chi connectivity index (χ2n) is 6.57. The summed E-state index contributed by atoms with van der Waals surface area (Å²) in [6.07, 6.45) is 1.29. The van der Waals surface area contributed by atoms with E-state index in [9.17, 15) is 9.59 Å². The highest BCUT2D eigenvalue weighted by Crippen LogP contribution is 2.39. The van der Waals surface area contributed by atoms with Crippen molar-refractivity contribution in [3.63, 3.8) is 0 Å². The molecule has 0 radical (unpaired) electrons. The number of benzene rings is 2. The number of anilines is 1. The van der Waals surface area contributed by atoms with Crippen molar-refractivity contribution in [2.75, 3.05) is 11.9 Å². The molecule has 2 aromatic rings. The summed E-state index contributed by atoms with van der Waals surface area (Å²) in [5.41, 5.74) is 2.70. The second-order valence-corrected chi connectivity index (χ2v) is 7.44. The molecule has 0 spiro atoms. The van der Waals surface area contributed by atoms with Gasteiger partial charge in [0.15, 0.2) is 0 Å². The maximum Gasteiger partial charge on any atom is 0.228 e. The highest BCUT2D eigenvalue weighted by Gasteiger charge is 2.47. The van der Waals surface area contributed by atoms with Crippen molar-refractivity contribution < 1.29 is 9.59 Å². The standard InChI is InChI=1S/C20H20Cl2N2O2/c1-12-9-15(22)5-6-18(12)24-20(26)17-11-16(17)19(25)23-8-7-13-3-2-4-14(21)10-13/h2-6,9-10,16-17H,7-8,11H2,1H3,(H,23,25)(H,24,26). The van der Waals surface area contributed by atoms with Crippen LogP contribution in [0.25, 0.3) is 0 Å². The highest BCUT2D eigenvalue weighted by molar-refractivity contribution is 6.31. The lowest BCUT2D eigenvalue weighted by Crippen LogP contribution is -2.29. The van der Waals surface area contributed by atoms with Gasteiger partial charge in [-0.2, -0.15) is 0 Å². The largest absolute Gasteiger partial charge is 0.356 e. The molecule has 1 saturated carbocycles. The molecule has 2 atom stereocenters. The fraction of sp³-hybridized carbons (Fsp3) is 0.300. The number of halogens is 2. The Kier molecular flexibility index (Phi) is 5.84. The van der Waals surface area contributed by atoms with E-state index in [1.54, 1.807) is 18.2 Å². The number of carbonyl (C=O) groups is 2. The zero-order chi connectivity index (χ0) is 18.7. The smallest absolute Gasteiger partial charge is 0.228 e. The van der Waals surface area contributed by atoms with E-state index in [2.05, 4.69) is 10.6 Å². The Labute approximate surface area is 162 Å². The van der Waals surface area contributed by atoms with Gasteiger partial charge >= 0.3 is 0 Å². The van der Waals surface area contributed by atoms with E-state index in [1.807, 2.05) is 31.2 Å². The van der Waals surface area contributed by atoms with Crippen molar-refractivity contribution in [1.29, 1.82) is 0 Å². The van der Waals surface area contributed by atoms with Gasteiger partial charge in [0.2, 0.25) is 11.8 Å². The van der Waals surface area contributed by atoms with Gasteiger partial charge in [-0.05, 0) is 61.2 Å². The van der Waals surface area contributed by atoms with Gasteiger partial charge in [-0.25, -0.2) is 0 Å². The molecule has 4 nitrogen and oxygen atoms in total. The van der Waals surface area contributed by atoms with Gasteiger partial charge in [0, 0.05) is 22.3 Å². The van der Waals surface area contributed by atoms with Crippen LogP contribution in [-0.4, -0.2) is 18.4 Å². The van der Waals surface area contributed by atoms with Gasteiger partial charge in [-0.3, -0.25) is 9.59 Å². The van der Waals surface area contributed by atoms with Crippen molar-refractivity contribution >= 4 is 40.7 Å². The SMILES string of the molecule is Cc1cc(Cl)ccc1NC(=O)C1CC1C(=O)NCCc1cccc(Cl)c1. The normalized spacial score (nSPS) is 18.3. The summed E-state index contributed by atoms with van der Waals surface area (Å²) >= 11 is 11.9. The van der Waals surface area contributed by atoms with E-state index < -0.39 is 0 Å². The monoisotopic (exact) mass is 390 g/mol. The van der Waals surface area contributed by atoms with Crippen LogP contribution in [0.3, 0.4) is 0 Å². The van der Waals surface area contributed by atoms with Gasteiger partial charge in [0.1, 0.15) is 0 Å². The minimum absolute atomic E-state index is 0.0694. The van der Waals surface area contributed by atoms with Crippen molar-refractivity contribution in [3.8, 4) is 0 Å². The van der Waals surface area contributed by atoms with Crippen LogP contribution >= 0.6 is 23.2 Å². The van der Waals surface area contributed by atoms with E-state index in [0.717, 1.165) is 16.8 Å². The Morgan fingerprint density at radius 3 is 2.50 bits per heavy atom. The van der Waals surface area contributed by atoms with Crippen molar-refractivity contribution in [2.45, 2.75) is 19.8 Å². The van der Waals surface area contributed by atoms with Gasteiger partial charge in [-0.15, -0.1) is 0 Å². The Morgan fingerprint density at radius 2 is 1.77 bits per heavy atom. The maximum atomic E-state index is 12.3. The Bertz CT molecular complexity index is 838. The molecule has 0 heterocycles. The molecule has 136 valence electrons. The number of aryl methyl sites for hydroxylation is 1. The van der Waals surface area contributed by atoms with Crippen LogP contribution < -0.4 is 10.6 Å². The third-order valence-corrected chi connectivity index (χ3v) is 4.98. The molecule has 2 amide bonds. The predicted octanol–water partition coefficient (Wildman–Crippen LogP) is 4.24. The van der Waals surface area contributed by atoms with Crippen LogP contribution in [-0.2, 0) is 16.0 Å². The lowest BCUT2D eigenvalue weighted by molar-refractivity contribution is -0.125. The molecule has 0 bridgehead atoms. The minimum atomic E-state index is -0.267. The van der Waals surface area contributed by atoms with E-state index >= 15 is 0 Å². The van der Waals surface area contributed by atoms with Gasteiger partial charge < -0.3 is 10.6 Å². The molecule has 3 rings (SSSR count). The maximum absolute atomic E-state index is 12.3. The zero-order valence-electron chi connectivity index (χ0n) is 14.4. The third kappa shape index (κ3) is 4.77. The summed E-state index contributed by atoms with van der Waals surface area (Å²) in [6, 6.07) is 12.9. The molecule has 0 aromatic heterocycles. The van der Waals surface area contributed by atoms with E-state index in [-0.39, 0.29) is 23.7 Å². The predicted molar refractivity (Wildman–Crippen MR) is 105 cm³/mol. The molecule has 1 aliphatic rings. The Balaban J connectivity index is 1.45. The molecule has 26 heavy (non-hydrogen) atoms. The molecule has 1 fully saturated rings. The van der Waals surface area contributed by atoms with Crippen molar-refractivity contribution in [1.82, 2.24) is 5.32 Å². The van der Waals surface area contributed by atoms with Crippen LogP contribution in [0, 0.1) is 18.8 Å². The molecule has 0 aliphatic heterocycles. The molecule has 0 saturated heterocycles. The minimum Gasteiger partial charge on any atom is -0.356 e. The molecule has 6 heteroatoms. The van der Waals surface area contributed by atoms with Gasteiger partial charge in [0.05, 0.1) is 11.8 Å². The van der Waals surface area contributed by atoms with Crippen LogP contribution in [0.15, 0.2) is 42.5 Å². The lowest BCUT2D eigenvalue weighted by Gasteiger charge is -2.09. The summed E-state index contributed by atoms with van der Waals surface area (Å²) in [4.78, 5) is 24.5. The van der Waals surface area contributed by atoms with E-state index in [4.69, 9.17) is 23.2 Å². The van der Waals surface area contributed by atoms with E-state index in [1.165, 1.54) is 0 Å². The first-order valence-electron chi connectivity index (χ1n) is 8.53. The summed E-state index contributed by atoms with van der Waals surface area (Å²) in [7, 11) is 0. The fourth-order valence-corrected chi connectivity index (χ4v) is 3.36. The van der Waals surface area contributed by atoms with Crippen LogP contribution in [0.1, 0.15) is 17.5 Å². The molecule has 2 N–H and O–H groups in total. The fourth-order valence-electron chi connectivity index (χ4n) is 2.92. The number of carbonyl (C=O) groups excluding carboxylic acids is 2. The first-order chi connectivity index (χ1) is 12.4. The number of hydrogen-bond donors (Lipinski definition) is 2. The number of hydrogen-bond acceptors (Lipinski definition) is 2. The van der Waals surface area contributed by atoms with Crippen LogP contribution in [0.4, 0.5) is 5.69 Å². The number of rotatable bonds is 6. The quantitative estimate of drug-likeness (QED) is 0.774. The van der Waals surface area contributed by atoms with Gasteiger partial charge in [0.25, 0.3) is 0 Å². The molecular weight excluding hydrogens is 371 g/mol. The summed E-state index contributed by atoms with van der Waals surface area (Å²) in [5, 5.41) is 7.09. The zero-order valence-corrected chi connectivity index (χ0v) is 15.9. The Hall–Kier alpha value is -2.04. The summed E-state index contributed by atoms with van der Waals surface area (Å²) in [6.45, 7) is 2.41. The highest BCUT2D eigenvalue weighted by atomic mass is 35.5. The molecule has 1 aliphatic carbocycles. The van der Waals surface area contributed by atoms with Crippen LogP contribution in [0.2, 0.25) is 10.0 Å². The third-order valence-electron chi connectivity index (χ3n) is 4.51. The van der Waals surface area contributed by atoms with Crippen molar-refractivity contribution in [2.24, 2.45) is 11.8 Å². The summed E-state index contributed by atoms with van der Waals surface area (Å²) < 4.78 is 0. The number of nitrogens with one attached hydrogen (secondary N) is 2. The van der Waals surface area contributed by atoms with Crippen molar-refractivity contribution in [3.05, 3.63) is 63.6 Å². The number of amides is 2. The second kappa shape index (κ2) is 8.11. The molecule has 2 aromatic carbocycles. The molecular formula is C20H20Cl2N2O2. The first kappa shape index (κ1) is 18.7. The van der Waals surface area contributed by atoms with Gasteiger partial charge in [-0.1, -0.05) is 35.3 Å².